The quantitative estimate of drug-likeness (QED) is 0.210. The highest BCUT2D eigenvalue weighted by Gasteiger charge is 2.16. The molecule has 1 aromatic heterocycles. The summed E-state index contributed by atoms with van der Waals surface area (Å²) in [6.45, 7) is 7.23. The first-order valence-corrected chi connectivity index (χ1v) is 11.2. The van der Waals surface area contributed by atoms with Gasteiger partial charge in [-0.3, -0.25) is 4.99 Å². The van der Waals surface area contributed by atoms with Gasteiger partial charge in [0.1, 0.15) is 0 Å². The first-order chi connectivity index (χ1) is 12.9. The van der Waals surface area contributed by atoms with Crippen molar-refractivity contribution < 1.29 is 8.42 Å². The summed E-state index contributed by atoms with van der Waals surface area (Å²) in [7, 11) is -1.83. The van der Waals surface area contributed by atoms with Crippen LogP contribution in [0.3, 0.4) is 0 Å². The minimum atomic E-state index is -3.52. The molecule has 0 bridgehead atoms. The average Bonchev–Trinajstić information content (AvgIpc) is 3.11. The van der Waals surface area contributed by atoms with Crippen molar-refractivity contribution >= 4 is 51.3 Å². The Morgan fingerprint density at radius 1 is 1.07 bits per heavy atom. The summed E-state index contributed by atoms with van der Waals surface area (Å²) in [4.78, 5) is 7.10. The Hall–Kier alpha value is -1.17. The molecule has 0 radical (unpaired) electrons. The van der Waals surface area contributed by atoms with Crippen molar-refractivity contribution in [3.05, 3.63) is 51.2 Å². The van der Waals surface area contributed by atoms with Crippen molar-refractivity contribution in [3.8, 4) is 0 Å². The fraction of sp³-hybridized carbons (Fsp3) is 0.421. The van der Waals surface area contributed by atoms with Gasteiger partial charge in [0.25, 0.3) is 0 Å². The SMILES string of the molecule is CCc1ccc(CNC(=NC)NCCNS(=O)(=O)c2cc(C)ccc2C)s1.I. The zero-order valence-electron chi connectivity index (χ0n) is 16.7. The third-order valence-electron chi connectivity index (χ3n) is 4.06. The molecule has 1 aromatic carbocycles. The van der Waals surface area contributed by atoms with Crippen molar-refractivity contribution in [1.82, 2.24) is 15.4 Å². The van der Waals surface area contributed by atoms with Crippen molar-refractivity contribution in [2.24, 2.45) is 4.99 Å². The van der Waals surface area contributed by atoms with Crippen LogP contribution in [-0.4, -0.2) is 34.5 Å². The monoisotopic (exact) mass is 536 g/mol. The molecule has 0 aliphatic rings. The molecule has 0 saturated heterocycles. The van der Waals surface area contributed by atoms with E-state index in [9.17, 15) is 8.42 Å². The van der Waals surface area contributed by atoms with Crippen LogP contribution in [0.15, 0.2) is 40.2 Å². The van der Waals surface area contributed by atoms with E-state index in [0.717, 1.165) is 17.5 Å². The number of nitrogens with one attached hydrogen (secondary N) is 3. The molecule has 2 rings (SSSR count). The molecule has 0 atom stereocenters. The Kier molecular flexibility index (Phi) is 10.4. The normalized spacial score (nSPS) is 11.8. The molecule has 0 aliphatic heterocycles. The summed E-state index contributed by atoms with van der Waals surface area (Å²) in [5.41, 5.74) is 1.66. The summed E-state index contributed by atoms with van der Waals surface area (Å²) in [5.74, 6) is 0.646. The van der Waals surface area contributed by atoms with Crippen molar-refractivity contribution in [2.45, 2.75) is 38.6 Å². The highest BCUT2D eigenvalue weighted by atomic mass is 127. The van der Waals surface area contributed by atoms with E-state index in [4.69, 9.17) is 0 Å². The molecule has 6 nitrogen and oxygen atoms in total. The number of rotatable bonds is 8. The molecule has 0 amide bonds. The highest BCUT2D eigenvalue weighted by molar-refractivity contribution is 14.0. The number of halogens is 1. The van der Waals surface area contributed by atoms with Crippen LogP contribution in [0.4, 0.5) is 0 Å². The van der Waals surface area contributed by atoms with Gasteiger partial charge in [0.05, 0.1) is 11.4 Å². The van der Waals surface area contributed by atoms with E-state index in [2.05, 4.69) is 39.4 Å². The number of hydrogen-bond acceptors (Lipinski definition) is 4. The number of hydrogen-bond donors (Lipinski definition) is 3. The van der Waals surface area contributed by atoms with Crippen LogP contribution in [0.1, 0.15) is 27.8 Å². The molecule has 156 valence electrons. The van der Waals surface area contributed by atoms with Gasteiger partial charge >= 0.3 is 0 Å². The first-order valence-electron chi connectivity index (χ1n) is 8.94. The predicted octanol–water partition coefficient (Wildman–Crippen LogP) is 3.19. The molecule has 0 saturated carbocycles. The lowest BCUT2D eigenvalue weighted by molar-refractivity contribution is 0.580. The summed E-state index contributed by atoms with van der Waals surface area (Å²) in [6.07, 6.45) is 1.04. The molecule has 3 N–H and O–H groups in total. The number of aryl methyl sites for hydroxylation is 3. The van der Waals surface area contributed by atoms with Gasteiger partial charge in [-0.05, 0) is 49.6 Å². The third kappa shape index (κ3) is 7.34. The number of nitrogens with zero attached hydrogens (tertiary/aromatic N) is 1. The molecule has 0 spiro atoms. The minimum absolute atomic E-state index is 0. The average molecular weight is 537 g/mol. The number of benzene rings is 1. The Labute approximate surface area is 189 Å². The third-order valence-corrected chi connectivity index (χ3v) is 6.89. The molecule has 0 fully saturated rings. The Morgan fingerprint density at radius 2 is 1.79 bits per heavy atom. The van der Waals surface area contributed by atoms with E-state index in [-0.39, 0.29) is 30.5 Å². The minimum Gasteiger partial charge on any atom is -0.355 e. The molecule has 2 aromatic rings. The molecule has 28 heavy (non-hydrogen) atoms. The number of guanidine groups is 1. The van der Waals surface area contributed by atoms with Gasteiger partial charge in [-0.2, -0.15) is 0 Å². The van der Waals surface area contributed by atoms with E-state index < -0.39 is 10.0 Å². The van der Waals surface area contributed by atoms with Crippen LogP contribution in [-0.2, 0) is 23.0 Å². The van der Waals surface area contributed by atoms with Crippen LogP contribution in [0.5, 0.6) is 0 Å². The van der Waals surface area contributed by atoms with Gasteiger partial charge in [0.2, 0.25) is 10.0 Å². The summed E-state index contributed by atoms with van der Waals surface area (Å²) in [5, 5.41) is 6.37. The standard InChI is InChI=1S/C19H28N4O2S2.HI/c1-5-16-8-9-17(26-16)13-22-19(20-4)21-10-11-23-27(24,25)18-12-14(2)6-7-15(18)3;/h6-9,12,23H,5,10-11,13H2,1-4H3,(H2,20,21,22);1H. The summed E-state index contributed by atoms with van der Waals surface area (Å²) in [6, 6.07) is 9.67. The largest absolute Gasteiger partial charge is 0.355 e. The molecule has 0 unspecified atom stereocenters. The van der Waals surface area contributed by atoms with E-state index in [0.29, 0.717) is 23.9 Å². The number of thiophene rings is 1. The Balaban J connectivity index is 0.00000392. The van der Waals surface area contributed by atoms with Crippen LogP contribution in [0.25, 0.3) is 0 Å². The van der Waals surface area contributed by atoms with E-state index in [1.807, 2.05) is 19.1 Å². The van der Waals surface area contributed by atoms with Crippen LogP contribution < -0.4 is 15.4 Å². The highest BCUT2D eigenvalue weighted by Crippen LogP contribution is 2.17. The second kappa shape index (κ2) is 11.7. The maximum atomic E-state index is 12.5. The second-order valence-corrected chi connectivity index (χ2v) is 9.23. The Morgan fingerprint density at radius 3 is 2.43 bits per heavy atom. The topological polar surface area (TPSA) is 82.6 Å². The van der Waals surface area contributed by atoms with E-state index in [1.54, 1.807) is 31.4 Å². The lowest BCUT2D eigenvalue weighted by atomic mass is 10.2. The van der Waals surface area contributed by atoms with Gasteiger partial charge in [0.15, 0.2) is 5.96 Å². The van der Waals surface area contributed by atoms with Gasteiger partial charge in [-0.15, -0.1) is 35.3 Å². The van der Waals surface area contributed by atoms with Gasteiger partial charge in [-0.25, -0.2) is 13.1 Å². The van der Waals surface area contributed by atoms with Crippen molar-refractivity contribution in [2.75, 3.05) is 20.1 Å². The zero-order valence-corrected chi connectivity index (χ0v) is 20.7. The zero-order chi connectivity index (χ0) is 19.9. The fourth-order valence-corrected chi connectivity index (χ4v) is 4.80. The summed E-state index contributed by atoms with van der Waals surface area (Å²) >= 11 is 1.78. The predicted molar refractivity (Wildman–Crippen MR) is 128 cm³/mol. The maximum Gasteiger partial charge on any atom is 0.240 e. The van der Waals surface area contributed by atoms with E-state index in [1.165, 1.54) is 9.75 Å². The molecular formula is C19H29IN4O2S2. The van der Waals surface area contributed by atoms with Gasteiger partial charge < -0.3 is 10.6 Å². The number of aliphatic imine (C=N–C) groups is 1. The maximum absolute atomic E-state index is 12.5. The van der Waals surface area contributed by atoms with Crippen molar-refractivity contribution in [1.29, 1.82) is 0 Å². The first kappa shape index (κ1) is 24.9. The van der Waals surface area contributed by atoms with Crippen LogP contribution >= 0.6 is 35.3 Å². The lowest BCUT2D eigenvalue weighted by Crippen LogP contribution is -2.41. The van der Waals surface area contributed by atoms with Gasteiger partial charge in [0, 0.05) is 29.9 Å². The molecule has 1 heterocycles. The van der Waals surface area contributed by atoms with Crippen LogP contribution in [0.2, 0.25) is 0 Å². The second-order valence-electron chi connectivity index (χ2n) is 6.24. The lowest BCUT2D eigenvalue weighted by Gasteiger charge is -2.13. The van der Waals surface area contributed by atoms with Gasteiger partial charge in [-0.1, -0.05) is 19.1 Å². The van der Waals surface area contributed by atoms with Crippen LogP contribution in [0, 0.1) is 13.8 Å². The van der Waals surface area contributed by atoms with E-state index >= 15 is 0 Å². The summed E-state index contributed by atoms with van der Waals surface area (Å²) < 4.78 is 27.6. The smallest absolute Gasteiger partial charge is 0.240 e. The molecule has 9 heteroatoms. The fourth-order valence-electron chi connectivity index (χ4n) is 2.54. The molecule has 0 aliphatic carbocycles. The molecular weight excluding hydrogens is 507 g/mol. The van der Waals surface area contributed by atoms with Crippen molar-refractivity contribution in [3.63, 3.8) is 0 Å². The Bertz CT molecular complexity index is 895. The number of sulfonamides is 1.